The Morgan fingerprint density at radius 2 is 1.13 bits per heavy atom. The summed E-state index contributed by atoms with van der Waals surface area (Å²) in [6, 6.07) is -0.129. The summed E-state index contributed by atoms with van der Waals surface area (Å²) in [5, 5.41) is 75.0. The van der Waals surface area contributed by atoms with Gasteiger partial charge in [0.15, 0.2) is 6.29 Å². The van der Waals surface area contributed by atoms with Gasteiger partial charge in [0.1, 0.15) is 49.8 Å². The highest BCUT2D eigenvalue weighted by molar-refractivity contribution is 7.52. The third-order valence-corrected chi connectivity index (χ3v) is 12.2. The normalized spacial score (nSPS) is 28.0. The minimum absolute atomic E-state index is 0.0801. The van der Waals surface area contributed by atoms with Crippen molar-refractivity contribution >= 4 is 38.4 Å². The average molecular weight is 951 g/mol. The summed E-state index contributed by atoms with van der Waals surface area (Å²) in [5.74, 6) is -0.315. The van der Waals surface area contributed by atoms with Gasteiger partial charge in [-0.25, -0.2) is 0 Å². The van der Waals surface area contributed by atoms with E-state index in [-0.39, 0.29) is 75.2 Å². The van der Waals surface area contributed by atoms with Crippen molar-refractivity contribution in [2.45, 2.75) is 173 Å². The van der Waals surface area contributed by atoms with E-state index in [1.165, 1.54) is 0 Å². The number of hydrogen-bond acceptors (Lipinski definition) is 17. The van der Waals surface area contributed by atoms with Crippen molar-refractivity contribution in [3.05, 3.63) is 0 Å². The van der Waals surface area contributed by atoms with Crippen LogP contribution in [0.2, 0.25) is 0 Å². The predicted octanol–water partition coefficient (Wildman–Crippen LogP) is -0.261. The van der Waals surface area contributed by atoms with E-state index in [1.54, 1.807) is 13.8 Å². The zero-order valence-corrected chi connectivity index (χ0v) is 38.6. The molecule has 2 heterocycles. The molecule has 0 saturated carbocycles. The minimum atomic E-state index is -4.38. The van der Waals surface area contributed by atoms with Crippen LogP contribution in [0, 0.1) is 5.41 Å². The zero-order valence-electron chi connectivity index (χ0n) is 36.8. The van der Waals surface area contributed by atoms with E-state index < -0.39 is 88.7 Å². The lowest BCUT2D eigenvalue weighted by Crippen LogP contribution is -2.58. The summed E-state index contributed by atoms with van der Waals surface area (Å²) in [6.45, 7) is 9.88. The lowest BCUT2D eigenvalue weighted by Gasteiger charge is -2.41. The average Bonchev–Trinajstić information content (AvgIpc) is 3.19. The molecule has 2 saturated heterocycles. The van der Waals surface area contributed by atoms with E-state index in [2.05, 4.69) is 20.9 Å². The van der Waals surface area contributed by atoms with Crippen molar-refractivity contribution in [2.24, 2.45) is 15.7 Å². The van der Waals surface area contributed by atoms with E-state index in [0.717, 1.165) is 6.42 Å². The molecule has 2 amide bonds. The van der Waals surface area contributed by atoms with Gasteiger partial charge in [0.2, 0.25) is 11.8 Å². The number of nitrogens with one attached hydrogen (secondary N) is 2. The molecule has 2 fully saturated rings. The van der Waals surface area contributed by atoms with Crippen molar-refractivity contribution in [1.82, 2.24) is 10.6 Å². The Kier molecular flexibility index (Phi) is 24.8. The van der Waals surface area contributed by atoms with Crippen molar-refractivity contribution in [3.63, 3.8) is 0 Å². The Hall–Kier alpha value is -2.18. The number of hydrogen-bond donors (Lipinski definition) is 12. The maximum atomic E-state index is 12.9. The van der Waals surface area contributed by atoms with Crippen LogP contribution in [0.1, 0.15) is 105 Å². The lowest BCUT2D eigenvalue weighted by atomic mass is 9.83. The van der Waals surface area contributed by atoms with Crippen molar-refractivity contribution in [1.29, 1.82) is 0 Å². The predicted molar refractivity (Wildman–Crippen MR) is 226 cm³/mol. The lowest BCUT2D eigenvalue weighted by molar-refractivity contribution is -0.298. The molecule has 0 aromatic heterocycles. The molecule has 0 aromatic rings. The SMILES string of the molecule is C/C(CCC(=O)N[C@@H](CCCCNC(=O)CC/C(C)=N/OCCC[C@H]1O[C@H](CCP(=O)(O)O)[C@@H](O)[C@H](O)[C@@H]1O)C(C)(C)C)=N/OCCO[C@H]1O[C@H](CCP(=O)(O)O)[C@@H](O)[C@H](O)[C@@H]1O. The molecule has 0 aliphatic carbocycles. The van der Waals surface area contributed by atoms with Gasteiger partial charge in [0, 0.05) is 25.4 Å². The number of oxime groups is 2. The van der Waals surface area contributed by atoms with Gasteiger partial charge in [-0.15, -0.1) is 0 Å². The van der Waals surface area contributed by atoms with Gasteiger partial charge in [-0.1, -0.05) is 31.1 Å². The summed E-state index contributed by atoms with van der Waals surface area (Å²) >= 11 is 0. The van der Waals surface area contributed by atoms with Crippen LogP contribution in [-0.2, 0) is 42.6 Å². The smallest absolute Gasteiger partial charge is 0.325 e. The molecule has 0 aromatic carbocycles. The van der Waals surface area contributed by atoms with Crippen LogP contribution in [0.5, 0.6) is 0 Å². The van der Waals surface area contributed by atoms with E-state index >= 15 is 0 Å². The molecule has 25 heteroatoms. The standard InChI is InChI=1S/C38H72N4O19P2/c1-23(41-58-18-8-9-25-31(45)34(48)32(46)26(60-25)15-21-62(51,52)53)11-13-29(43)39-17-7-6-10-28(38(3,4)5)40-30(44)14-12-24(2)42-59-20-19-57-37-36(50)35(49)33(47)27(61-37)16-22-63(54,55)56/h25-28,31-37,45-50H,6-22H2,1-5H3,(H,39,43)(H,40,44)(H2,51,52,53)(H2,54,55,56)/b41-23+,42-24-/t25-,26-,27-,28+,31-,32-,33-,34-,35+,36+,37+/m1/s1. The summed E-state index contributed by atoms with van der Waals surface area (Å²) in [5.41, 5.74) is 0.894. The number of carbonyl (C=O) groups is 2. The van der Waals surface area contributed by atoms with E-state index in [1.807, 2.05) is 20.8 Å². The van der Waals surface area contributed by atoms with Crippen LogP contribution in [0.25, 0.3) is 0 Å². The number of carbonyl (C=O) groups excluding carboxylic acids is 2. The molecule has 0 radical (unpaired) electrons. The molecule has 2 rings (SSSR count). The van der Waals surface area contributed by atoms with Crippen LogP contribution < -0.4 is 10.6 Å². The minimum Gasteiger partial charge on any atom is -0.396 e. The number of amides is 2. The van der Waals surface area contributed by atoms with E-state index in [0.29, 0.717) is 50.1 Å². The zero-order chi connectivity index (χ0) is 47.5. The summed E-state index contributed by atoms with van der Waals surface area (Å²) in [6.07, 6.45) is -11.5. The fraction of sp³-hybridized carbons (Fsp3) is 0.895. The maximum Gasteiger partial charge on any atom is 0.325 e. The first-order valence-corrected chi connectivity index (χ1v) is 24.9. The fourth-order valence-electron chi connectivity index (χ4n) is 6.71. The first kappa shape index (κ1) is 56.9. The fourth-order valence-corrected chi connectivity index (χ4v) is 7.89. The van der Waals surface area contributed by atoms with Crippen LogP contribution in [0.4, 0.5) is 0 Å². The second kappa shape index (κ2) is 27.5. The molecule has 23 nitrogen and oxygen atoms in total. The quantitative estimate of drug-likeness (QED) is 0.0208. The van der Waals surface area contributed by atoms with Crippen LogP contribution >= 0.6 is 15.2 Å². The topological polar surface area (TPSA) is 366 Å². The molecular formula is C38H72N4O19P2. The molecule has 2 aliphatic rings. The molecule has 2 aliphatic heterocycles. The van der Waals surface area contributed by atoms with E-state index in [9.17, 15) is 49.4 Å². The third kappa shape index (κ3) is 22.7. The number of nitrogens with zero attached hydrogens (tertiary/aromatic N) is 2. The second-order valence-corrected chi connectivity index (χ2v) is 20.8. The van der Waals surface area contributed by atoms with Crippen molar-refractivity contribution < 1.29 is 92.8 Å². The summed E-state index contributed by atoms with van der Waals surface area (Å²) in [4.78, 5) is 72.3. The van der Waals surface area contributed by atoms with Gasteiger partial charge < -0.3 is 84.7 Å². The number of ether oxygens (including phenoxy) is 3. The van der Waals surface area contributed by atoms with Gasteiger partial charge in [-0.2, -0.15) is 0 Å². The largest absolute Gasteiger partial charge is 0.396 e. The first-order chi connectivity index (χ1) is 29.3. The highest BCUT2D eigenvalue weighted by Gasteiger charge is 2.45. The molecular weight excluding hydrogens is 878 g/mol. The van der Waals surface area contributed by atoms with Crippen molar-refractivity contribution in [3.8, 4) is 0 Å². The molecule has 0 unspecified atom stereocenters. The Balaban J connectivity index is 1.62. The molecule has 11 atom stereocenters. The van der Waals surface area contributed by atoms with Gasteiger partial charge >= 0.3 is 15.2 Å². The van der Waals surface area contributed by atoms with Crippen LogP contribution in [0.15, 0.2) is 10.3 Å². The van der Waals surface area contributed by atoms with E-state index in [4.69, 9.17) is 43.5 Å². The van der Waals surface area contributed by atoms with Crippen molar-refractivity contribution in [2.75, 3.05) is 38.7 Å². The Morgan fingerprint density at radius 1 is 0.635 bits per heavy atom. The third-order valence-electron chi connectivity index (χ3n) is 10.6. The number of aliphatic hydroxyl groups excluding tert-OH is 6. The maximum absolute atomic E-state index is 12.9. The van der Waals surface area contributed by atoms with Gasteiger partial charge in [0.05, 0.1) is 48.7 Å². The summed E-state index contributed by atoms with van der Waals surface area (Å²) in [7, 11) is -8.72. The molecule has 12 N–H and O–H groups in total. The highest BCUT2D eigenvalue weighted by Crippen LogP contribution is 2.38. The van der Waals surface area contributed by atoms with Crippen LogP contribution in [-0.4, -0.2) is 179 Å². The highest BCUT2D eigenvalue weighted by atomic mass is 31.2. The van der Waals surface area contributed by atoms with Gasteiger partial charge in [-0.3, -0.25) is 18.7 Å². The monoisotopic (exact) mass is 950 g/mol. The van der Waals surface area contributed by atoms with Gasteiger partial charge in [-0.05, 0) is 77.0 Å². The number of aliphatic hydroxyl groups is 6. The first-order valence-electron chi connectivity index (χ1n) is 21.3. The molecule has 0 spiro atoms. The molecule has 368 valence electrons. The number of unbranched alkanes of at least 4 members (excludes halogenated alkanes) is 1. The Labute approximate surface area is 368 Å². The Bertz CT molecular complexity index is 1540. The molecule has 0 bridgehead atoms. The van der Waals surface area contributed by atoms with Gasteiger partial charge in [0.25, 0.3) is 0 Å². The summed E-state index contributed by atoms with van der Waals surface area (Å²) < 4.78 is 38.9. The Morgan fingerprint density at radius 3 is 1.67 bits per heavy atom. The number of rotatable bonds is 28. The molecule has 63 heavy (non-hydrogen) atoms. The van der Waals surface area contributed by atoms with Crippen LogP contribution in [0.3, 0.4) is 0 Å². The second-order valence-electron chi connectivity index (χ2n) is 17.2.